The van der Waals surface area contributed by atoms with Gasteiger partial charge in [0.25, 0.3) is 0 Å². The number of ether oxygens (including phenoxy) is 2. The van der Waals surface area contributed by atoms with Crippen LogP contribution in [0.1, 0.15) is 181 Å². The van der Waals surface area contributed by atoms with E-state index in [1.807, 2.05) is 21.1 Å². The summed E-state index contributed by atoms with van der Waals surface area (Å²) in [5.74, 6) is -0.790. The van der Waals surface area contributed by atoms with E-state index in [2.05, 4.69) is 13.8 Å². The molecule has 10 heteroatoms. The fourth-order valence-corrected chi connectivity index (χ4v) is 6.23. The number of carbonyl (C=O) groups is 2. The molecule has 1 unspecified atom stereocenters. The highest BCUT2D eigenvalue weighted by molar-refractivity contribution is 7.47. The average molecular weight is 707 g/mol. The summed E-state index contributed by atoms with van der Waals surface area (Å²) in [5.41, 5.74) is 0. The zero-order valence-corrected chi connectivity index (χ0v) is 32.9. The molecule has 0 aromatic rings. The van der Waals surface area contributed by atoms with Gasteiger partial charge in [-0.1, -0.05) is 155 Å². The van der Waals surface area contributed by atoms with E-state index in [1.54, 1.807) is 0 Å². The van der Waals surface area contributed by atoms with Crippen molar-refractivity contribution in [3.63, 3.8) is 0 Å². The van der Waals surface area contributed by atoms with Gasteiger partial charge < -0.3 is 18.9 Å². The van der Waals surface area contributed by atoms with E-state index in [4.69, 9.17) is 18.5 Å². The maximum Gasteiger partial charge on any atom is 0.472 e. The number of hydrogen-bond donors (Lipinski definition) is 1. The van der Waals surface area contributed by atoms with Crippen molar-refractivity contribution >= 4 is 19.8 Å². The molecule has 2 atom stereocenters. The van der Waals surface area contributed by atoms with Crippen molar-refractivity contribution in [2.45, 2.75) is 187 Å². The molecule has 0 rings (SSSR count). The van der Waals surface area contributed by atoms with Crippen LogP contribution in [0.5, 0.6) is 0 Å². The van der Waals surface area contributed by atoms with E-state index in [0.29, 0.717) is 17.4 Å². The first kappa shape index (κ1) is 47.0. The number of rotatable bonds is 36. The van der Waals surface area contributed by atoms with Gasteiger partial charge in [-0.15, -0.1) is 0 Å². The van der Waals surface area contributed by atoms with E-state index in [0.717, 1.165) is 38.5 Å². The summed E-state index contributed by atoms with van der Waals surface area (Å²) in [6.07, 6.45) is 28.5. The minimum Gasteiger partial charge on any atom is -0.462 e. The minimum atomic E-state index is -4.36. The van der Waals surface area contributed by atoms with Crippen LogP contribution in [0.4, 0.5) is 0 Å². The van der Waals surface area contributed by atoms with Crippen LogP contribution in [-0.2, 0) is 32.7 Å². The number of quaternary nitrogens is 1. The van der Waals surface area contributed by atoms with Crippen molar-refractivity contribution < 1.29 is 42.1 Å². The van der Waals surface area contributed by atoms with Crippen molar-refractivity contribution in [1.82, 2.24) is 0 Å². The highest BCUT2D eigenvalue weighted by atomic mass is 31.2. The lowest BCUT2D eigenvalue weighted by Gasteiger charge is -2.24. The van der Waals surface area contributed by atoms with Crippen LogP contribution in [0.3, 0.4) is 0 Å². The first-order chi connectivity index (χ1) is 23.0. The van der Waals surface area contributed by atoms with Crippen LogP contribution < -0.4 is 0 Å². The van der Waals surface area contributed by atoms with E-state index in [1.165, 1.54) is 116 Å². The summed E-state index contributed by atoms with van der Waals surface area (Å²) in [5, 5.41) is 0. The summed E-state index contributed by atoms with van der Waals surface area (Å²) in [6, 6.07) is 0. The predicted octanol–water partition coefficient (Wildman–Crippen LogP) is 10.5. The average Bonchev–Trinajstić information content (AvgIpc) is 3.02. The fraction of sp³-hybridized carbons (Fsp3) is 0.947. The Kier molecular flexibility index (Phi) is 31.3. The number of esters is 2. The van der Waals surface area contributed by atoms with Crippen molar-refractivity contribution in [3.05, 3.63) is 0 Å². The second-order valence-corrected chi connectivity index (χ2v) is 16.1. The molecule has 0 saturated carbocycles. The summed E-state index contributed by atoms with van der Waals surface area (Å²) >= 11 is 0. The molecule has 0 aliphatic carbocycles. The molecule has 0 aliphatic rings. The maximum absolute atomic E-state index is 12.6. The number of phosphoric acid groups is 1. The van der Waals surface area contributed by atoms with E-state index < -0.39 is 26.5 Å². The first-order valence-corrected chi connectivity index (χ1v) is 21.3. The molecule has 48 heavy (non-hydrogen) atoms. The largest absolute Gasteiger partial charge is 0.472 e. The molecule has 0 bridgehead atoms. The highest BCUT2D eigenvalue weighted by Gasteiger charge is 2.27. The quantitative estimate of drug-likeness (QED) is 0.0297. The van der Waals surface area contributed by atoms with Gasteiger partial charge in [-0.05, 0) is 12.8 Å². The minimum absolute atomic E-state index is 0.0364. The van der Waals surface area contributed by atoms with Gasteiger partial charge in [0.15, 0.2) is 6.10 Å². The molecule has 0 aromatic carbocycles. The van der Waals surface area contributed by atoms with Gasteiger partial charge in [-0.25, -0.2) is 4.57 Å². The zero-order chi connectivity index (χ0) is 35.8. The van der Waals surface area contributed by atoms with Crippen molar-refractivity contribution in [2.75, 3.05) is 47.5 Å². The van der Waals surface area contributed by atoms with Crippen LogP contribution in [0.2, 0.25) is 0 Å². The first-order valence-electron chi connectivity index (χ1n) is 19.8. The van der Waals surface area contributed by atoms with Gasteiger partial charge in [0.2, 0.25) is 0 Å². The molecule has 0 aromatic heterocycles. The summed E-state index contributed by atoms with van der Waals surface area (Å²) in [6.45, 7) is 4.42. The van der Waals surface area contributed by atoms with Crippen molar-refractivity contribution in [3.8, 4) is 0 Å². The van der Waals surface area contributed by atoms with Gasteiger partial charge >= 0.3 is 19.8 Å². The molecule has 0 spiro atoms. The second kappa shape index (κ2) is 32.0. The van der Waals surface area contributed by atoms with Gasteiger partial charge in [0, 0.05) is 12.8 Å². The van der Waals surface area contributed by atoms with Crippen LogP contribution in [0.25, 0.3) is 0 Å². The van der Waals surface area contributed by atoms with Gasteiger partial charge in [0.05, 0.1) is 27.7 Å². The molecular formula is C38H77NO8P+. The van der Waals surface area contributed by atoms with E-state index in [9.17, 15) is 19.0 Å². The molecule has 0 aliphatic heterocycles. The van der Waals surface area contributed by atoms with E-state index >= 15 is 0 Å². The summed E-state index contributed by atoms with van der Waals surface area (Å²) < 4.78 is 34.2. The Balaban J connectivity index is 4.40. The van der Waals surface area contributed by atoms with Gasteiger partial charge in [-0.3, -0.25) is 18.6 Å². The van der Waals surface area contributed by atoms with Crippen molar-refractivity contribution in [2.24, 2.45) is 0 Å². The lowest BCUT2D eigenvalue weighted by molar-refractivity contribution is -0.870. The number of unbranched alkanes of at least 4 members (excludes halogenated alkanes) is 22. The normalized spacial score (nSPS) is 13.7. The topological polar surface area (TPSA) is 108 Å². The molecular weight excluding hydrogens is 629 g/mol. The third-order valence-electron chi connectivity index (χ3n) is 8.64. The Bertz CT molecular complexity index is 804. The molecule has 1 N–H and O–H groups in total. The third-order valence-corrected chi connectivity index (χ3v) is 9.62. The number of likely N-dealkylation sites (N-methyl/N-ethyl adjacent to an activating group) is 1. The number of hydrogen-bond acceptors (Lipinski definition) is 7. The smallest absolute Gasteiger partial charge is 0.462 e. The fourth-order valence-electron chi connectivity index (χ4n) is 5.48. The van der Waals surface area contributed by atoms with Gasteiger partial charge in [-0.2, -0.15) is 0 Å². The second-order valence-electron chi connectivity index (χ2n) is 14.7. The Hall–Kier alpha value is -0.990. The number of phosphoric ester groups is 1. The highest BCUT2D eigenvalue weighted by Crippen LogP contribution is 2.43. The number of nitrogens with zero attached hydrogens (tertiary/aromatic N) is 1. The Morgan fingerprint density at radius 3 is 1.33 bits per heavy atom. The monoisotopic (exact) mass is 707 g/mol. The zero-order valence-electron chi connectivity index (χ0n) is 32.0. The van der Waals surface area contributed by atoms with Crippen LogP contribution in [-0.4, -0.2) is 74.9 Å². The van der Waals surface area contributed by atoms with Crippen molar-refractivity contribution in [1.29, 1.82) is 0 Å². The summed E-state index contributed by atoms with van der Waals surface area (Å²) in [4.78, 5) is 35.1. The van der Waals surface area contributed by atoms with Crippen LogP contribution in [0, 0.1) is 0 Å². The van der Waals surface area contributed by atoms with E-state index in [-0.39, 0.29) is 25.6 Å². The molecule has 0 amide bonds. The lowest BCUT2D eigenvalue weighted by atomic mass is 10.0. The molecule has 9 nitrogen and oxygen atoms in total. The molecule has 0 heterocycles. The molecule has 0 radical (unpaired) electrons. The lowest BCUT2D eigenvalue weighted by Crippen LogP contribution is -2.37. The maximum atomic E-state index is 12.6. The standard InChI is InChI=1S/C38H76NO8P/c1-6-8-10-12-14-16-18-19-21-23-25-27-29-31-38(41)47-36(35-46-48(42,43)45-33-32-39(3,4)5)34-44-37(40)30-28-26-24-22-20-17-15-13-11-9-7-2/h36H,6-35H2,1-5H3/p+1/t36-/m0/s1. The molecule has 0 fully saturated rings. The predicted molar refractivity (Wildman–Crippen MR) is 197 cm³/mol. The van der Waals surface area contributed by atoms with Crippen LogP contribution in [0.15, 0.2) is 0 Å². The SMILES string of the molecule is CCCCCCCCCCCCCCCC(=O)O[C@@H](COC(=O)CCCCCCCCCCCCC)COP(=O)(O)OCC[N+](C)(C)C. The Labute approximate surface area is 295 Å². The summed E-state index contributed by atoms with van der Waals surface area (Å²) in [7, 11) is 1.49. The molecule has 0 saturated heterocycles. The molecule has 286 valence electrons. The Morgan fingerprint density at radius 1 is 0.562 bits per heavy atom. The van der Waals surface area contributed by atoms with Gasteiger partial charge in [0.1, 0.15) is 19.8 Å². The Morgan fingerprint density at radius 2 is 0.938 bits per heavy atom. The number of carbonyl (C=O) groups excluding carboxylic acids is 2. The van der Waals surface area contributed by atoms with Crippen LogP contribution >= 0.6 is 7.82 Å². The third kappa shape index (κ3) is 34.9.